The highest BCUT2D eigenvalue weighted by atomic mass is 32.1. The Kier molecular flexibility index (Phi) is 3.45. The summed E-state index contributed by atoms with van der Waals surface area (Å²) in [6, 6.07) is 12.0. The van der Waals surface area contributed by atoms with Gasteiger partial charge in [0.2, 0.25) is 5.91 Å². The zero-order chi connectivity index (χ0) is 15.9. The van der Waals surface area contributed by atoms with Gasteiger partial charge in [-0.2, -0.15) is 11.3 Å². The fourth-order valence-corrected chi connectivity index (χ4v) is 4.52. The summed E-state index contributed by atoms with van der Waals surface area (Å²) in [6.45, 7) is 1.81. The van der Waals surface area contributed by atoms with E-state index in [2.05, 4.69) is 17.4 Å². The summed E-state index contributed by atoms with van der Waals surface area (Å²) in [4.78, 5) is 27.0. The molecule has 2 aromatic rings. The van der Waals surface area contributed by atoms with Crippen LogP contribution in [0, 0.1) is 5.41 Å². The summed E-state index contributed by atoms with van der Waals surface area (Å²) < 4.78 is 0. The van der Waals surface area contributed by atoms with Crippen molar-refractivity contribution >= 4 is 23.2 Å². The van der Waals surface area contributed by atoms with E-state index in [1.807, 2.05) is 39.9 Å². The number of carbonyl (C=O) groups is 2. The zero-order valence-corrected chi connectivity index (χ0v) is 13.5. The number of amides is 2. The van der Waals surface area contributed by atoms with Crippen LogP contribution in [0.3, 0.4) is 0 Å². The lowest BCUT2D eigenvalue weighted by molar-refractivity contribution is -0.127. The van der Waals surface area contributed by atoms with Gasteiger partial charge in [0.15, 0.2) is 0 Å². The Morgan fingerprint density at radius 2 is 2.09 bits per heavy atom. The van der Waals surface area contributed by atoms with Gasteiger partial charge in [0, 0.05) is 30.9 Å². The molecule has 2 saturated heterocycles. The predicted molar refractivity (Wildman–Crippen MR) is 89.5 cm³/mol. The first-order valence-electron chi connectivity index (χ1n) is 7.85. The first kappa shape index (κ1) is 14.5. The summed E-state index contributed by atoms with van der Waals surface area (Å²) in [5, 5.41) is 6.80. The molecule has 118 valence electrons. The molecule has 2 aliphatic rings. The molecule has 1 aromatic carbocycles. The van der Waals surface area contributed by atoms with Crippen molar-refractivity contribution < 1.29 is 9.59 Å². The molecule has 2 atom stereocenters. The van der Waals surface area contributed by atoms with Crippen LogP contribution in [0.1, 0.15) is 28.3 Å². The molecule has 0 radical (unpaired) electrons. The fourth-order valence-electron chi connectivity index (χ4n) is 3.89. The van der Waals surface area contributed by atoms with Crippen molar-refractivity contribution in [3.63, 3.8) is 0 Å². The second-order valence-electron chi connectivity index (χ2n) is 6.32. The maximum absolute atomic E-state index is 12.6. The quantitative estimate of drug-likeness (QED) is 0.922. The zero-order valence-electron chi connectivity index (χ0n) is 12.7. The summed E-state index contributed by atoms with van der Waals surface area (Å²) in [6.07, 6.45) is 0.730. The van der Waals surface area contributed by atoms with E-state index in [-0.39, 0.29) is 17.7 Å². The first-order chi connectivity index (χ1) is 11.2. The van der Waals surface area contributed by atoms with Crippen molar-refractivity contribution in [3.05, 3.63) is 58.3 Å². The first-order valence-corrected chi connectivity index (χ1v) is 8.80. The SMILES string of the molecule is O=C(c1ccsc1)N1CCC2(C1)C(=O)NCC2c1ccccc1. The maximum atomic E-state index is 12.6. The van der Waals surface area contributed by atoms with E-state index in [1.54, 1.807) is 0 Å². The van der Waals surface area contributed by atoms with E-state index in [1.165, 1.54) is 16.9 Å². The minimum absolute atomic E-state index is 0.0367. The van der Waals surface area contributed by atoms with Gasteiger partial charge in [-0.25, -0.2) is 0 Å². The second kappa shape index (κ2) is 5.49. The third-order valence-electron chi connectivity index (χ3n) is 5.14. The topological polar surface area (TPSA) is 49.4 Å². The van der Waals surface area contributed by atoms with E-state index < -0.39 is 5.41 Å². The molecular formula is C18H18N2O2S. The molecular weight excluding hydrogens is 308 g/mol. The summed E-state index contributed by atoms with van der Waals surface area (Å²) in [5.41, 5.74) is 1.42. The number of benzene rings is 1. The molecule has 0 bridgehead atoms. The van der Waals surface area contributed by atoms with Crippen molar-refractivity contribution in [1.82, 2.24) is 10.2 Å². The number of rotatable bonds is 2. The largest absolute Gasteiger partial charge is 0.355 e. The van der Waals surface area contributed by atoms with Gasteiger partial charge in [-0.15, -0.1) is 0 Å². The normalized spacial score (nSPS) is 26.7. The average Bonchev–Trinajstić information content (AvgIpc) is 3.31. The van der Waals surface area contributed by atoms with Crippen LogP contribution < -0.4 is 5.32 Å². The molecule has 1 N–H and O–H groups in total. The highest BCUT2D eigenvalue weighted by Gasteiger charge is 2.55. The number of hydrogen-bond acceptors (Lipinski definition) is 3. The van der Waals surface area contributed by atoms with Gasteiger partial charge >= 0.3 is 0 Å². The van der Waals surface area contributed by atoms with Gasteiger partial charge in [-0.1, -0.05) is 30.3 Å². The van der Waals surface area contributed by atoms with Crippen LogP contribution in [-0.4, -0.2) is 36.3 Å². The molecule has 3 heterocycles. The van der Waals surface area contributed by atoms with Crippen molar-refractivity contribution in [1.29, 1.82) is 0 Å². The lowest BCUT2D eigenvalue weighted by atomic mass is 9.73. The molecule has 5 heteroatoms. The number of nitrogens with one attached hydrogen (secondary N) is 1. The van der Waals surface area contributed by atoms with Crippen molar-refractivity contribution in [2.75, 3.05) is 19.6 Å². The highest BCUT2D eigenvalue weighted by molar-refractivity contribution is 7.08. The molecule has 2 amide bonds. The van der Waals surface area contributed by atoms with E-state index in [9.17, 15) is 9.59 Å². The molecule has 2 unspecified atom stereocenters. The number of carbonyl (C=O) groups excluding carboxylic acids is 2. The Hall–Kier alpha value is -2.14. The van der Waals surface area contributed by atoms with Crippen molar-refractivity contribution in [2.45, 2.75) is 12.3 Å². The van der Waals surface area contributed by atoms with Crippen molar-refractivity contribution in [3.8, 4) is 0 Å². The Morgan fingerprint density at radius 1 is 1.26 bits per heavy atom. The Balaban J connectivity index is 1.62. The molecule has 4 rings (SSSR count). The Labute approximate surface area is 139 Å². The van der Waals surface area contributed by atoms with Gasteiger partial charge in [0.1, 0.15) is 0 Å². The maximum Gasteiger partial charge on any atom is 0.254 e. The average molecular weight is 326 g/mol. The van der Waals surface area contributed by atoms with Gasteiger partial charge in [-0.05, 0) is 23.4 Å². The molecule has 23 heavy (non-hydrogen) atoms. The third-order valence-corrected chi connectivity index (χ3v) is 5.83. The lowest BCUT2D eigenvalue weighted by Crippen LogP contribution is -2.39. The minimum Gasteiger partial charge on any atom is -0.355 e. The van der Waals surface area contributed by atoms with Gasteiger partial charge in [-0.3, -0.25) is 9.59 Å². The van der Waals surface area contributed by atoms with Crippen molar-refractivity contribution in [2.24, 2.45) is 5.41 Å². The fraction of sp³-hybridized carbons (Fsp3) is 0.333. The predicted octanol–water partition coefficient (Wildman–Crippen LogP) is 2.49. The van der Waals surface area contributed by atoms with E-state index >= 15 is 0 Å². The third kappa shape index (κ3) is 2.27. The van der Waals surface area contributed by atoms with Gasteiger partial charge in [0.05, 0.1) is 11.0 Å². The Bertz CT molecular complexity index is 729. The lowest BCUT2D eigenvalue weighted by Gasteiger charge is -2.28. The number of hydrogen-bond donors (Lipinski definition) is 1. The monoisotopic (exact) mass is 326 g/mol. The van der Waals surface area contributed by atoms with Crippen LogP contribution in [0.15, 0.2) is 47.2 Å². The minimum atomic E-state index is -0.479. The second-order valence-corrected chi connectivity index (χ2v) is 7.10. The van der Waals surface area contributed by atoms with Crippen LogP contribution >= 0.6 is 11.3 Å². The molecule has 1 spiro atoms. The van der Waals surface area contributed by atoms with Gasteiger partial charge in [0.25, 0.3) is 5.91 Å². The highest BCUT2D eigenvalue weighted by Crippen LogP contribution is 2.47. The van der Waals surface area contributed by atoms with Crippen LogP contribution in [-0.2, 0) is 4.79 Å². The van der Waals surface area contributed by atoms with Gasteiger partial charge < -0.3 is 10.2 Å². The molecule has 2 aliphatic heterocycles. The number of nitrogens with zero attached hydrogens (tertiary/aromatic N) is 1. The summed E-state index contributed by atoms with van der Waals surface area (Å²) in [7, 11) is 0. The number of likely N-dealkylation sites (tertiary alicyclic amines) is 1. The summed E-state index contributed by atoms with van der Waals surface area (Å²) in [5.74, 6) is 0.262. The smallest absolute Gasteiger partial charge is 0.254 e. The molecule has 0 aliphatic carbocycles. The van der Waals surface area contributed by atoms with Crippen LogP contribution in [0.4, 0.5) is 0 Å². The van der Waals surface area contributed by atoms with E-state index in [0.717, 1.165) is 12.0 Å². The molecule has 2 fully saturated rings. The van der Waals surface area contributed by atoms with Crippen LogP contribution in [0.5, 0.6) is 0 Å². The van der Waals surface area contributed by atoms with E-state index in [4.69, 9.17) is 0 Å². The van der Waals surface area contributed by atoms with Crippen LogP contribution in [0.25, 0.3) is 0 Å². The summed E-state index contributed by atoms with van der Waals surface area (Å²) >= 11 is 1.52. The molecule has 1 aromatic heterocycles. The van der Waals surface area contributed by atoms with E-state index in [0.29, 0.717) is 19.6 Å². The standard InChI is InChI=1S/C18H18N2O2S/c21-16(14-6-9-23-11-14)20-8-7-18(12-20)15(10-19-17(18)22)13-4-2-1-3-5-13/h1-6,9,11,15H,7-8,10,12H2,(H,19,22). The van der Waals surface area contributed by atoms with Crippen LogP contribution in [0.2, 0.25) is 0 Å². The molecule has 4 nitrogen and oxygen atoms in total. The number of thiophene rings is 1. The Morgan fingerprint density at radius 3 is 2.83 bits per heavy atom. The molecule has 0 saturated carbocycles.